The Hall–Kier alpha value is -0.190. The minimum Gasteiger partial charge on any atom is -0.492 e. The van der Waals surface area contributed by atoms with E-state index in [-0.39, 0.29) is 0 Å². The van der Waals surface area contributed by atoms with E-state index in [1.807, 2.05) is 24.3 Å². The van der Waals surface area contributed by atoms with Gasteiger partial charge in [-0.25, -0.2) is 0 Å². The highest BCUT2D eigenvalue weighted by molar-refractivity contribution is 9.10. The summed E-state index contributed by atoms with van der Waals surface area (Å²) in [5.41, 5.74) is 0. The lowest BCUT2D eigenvalue weighted by molar-refractivity contribution is 0.313. The molecule has 1 N–H and O–H groups in total. The van der Waals surface area contributed by atoms with E-state index in [0.29, 0.717) is 0 Å². The maximum atomic E-state index is 5.68. The van der Waals surface area contributed by atoms with E-state index in [1.165, 1.54) is 25.0 Å². The van der Waals surface area contributed by atoms with Crippen molar-refractivity contribution >= 4 is 27.7 Å². The van der Waals surface area contributed by atoms with Crippen LogP contribution in [-0.2, 0) is 0 Å². The molecule has 1 aliphatic rings. The van der Waals surface area contributed by atoms with Crippen molar-refractivity contribution in [3.8, 4) is 5.75 Å². The summed E-state index contributed by atoms with van der Waals surface area (Å²) in [6, 6.07) is 7.98. The maximum Gasteiger partial charge on any atom is 0.120 e. The van der Waals surface area contributed by atoms with Crippen molar-refractivity contribution in [2.24, 2.45) is 0 Å². The van der Waals surface area contributed by atoms with E-state index in [9.17, 15) is 0 Å². The van der Waals surface area contributed by atoms with Gasteiger partial charge in [-0.1, -0.05) is 28.4 Å². The molecule has 1 fully saturated rings. The molecular weight excluding hydrogens is 310 g/mol. The standard InChI is InChI=1S/C14H20BrNOS/c15-12-4-3-5-13(10-12)17-8-7-16-11-14-6-1-2-9-18-14/h3-5,10,14,16H,1-2,6-9,11H2. The summed E-state index contributed by atoms with van der Waals surface area (Å²) in [5.74, 6) is 2.26. The summed E-state index contributed by atoms with van der Waals surface area (Å²) in [6.45, 7) is 2.77. The fourth-order valence-electron chi connectivity index (χ4n) is 2.03. The van der Waals surface area contributed by atoms with Crippen LogP contribution in [0.1, 0.15) is 19.3 Å². The largest absolute Gasteiger partial charge is 0.492 e. The van der Waals surface area contributed by atoms with Gasteiger partial charge in [0.2, 0.25) is 0 Å². The lowest BCUT2D eigenvalue weighted by Gasteiger charge is -2.21. The average molecular weight is 330 g/mol. The van der Waals surface area contributed by atoms with E-state index in [4.69, 9.17) is 4.74 Å². The van der Waals surface area contributed by atoms with Crippen LogP contribution in [0.2, 0.25) is 0 Å². The second kappa shape index (κ2) is 8.08. The van der Waals surface area contributed by atoms with Crippen molar-refractivity contribution in [2.45, 2.75) is 24.5 Å². The van der Waals surface area contributed by atoms with E-state index in [2.05, 4.69) is 33.0 Å². The van der Waals surface area contributed by atoms with Gasteiger partial charge >= 0.3 is 0 Å². The Morgan fingerprint density at radius 3 is 3.11 bits per heavy atom. The number of benzene rings is 1. The van der Waals surface area contributed by atoms with Crippen LogP contribution in [0.5, 0.6) is 5.75 Å². The highest BCUT2D eigenvalue weighted by Crippen LogP contribution is 2.24. The van der Waals surface area contributed by atoms with Crippen molar-refractivity contribution in [1.29, 1.82) is 0 Å². The topological polar surface area (TPSA) is 21.3 Å². The van der Waals surface area contributed by atoms with Gasteiger partial charge in [-0.15, -0.1) is 0 Å². The third-order valence-corrected chi connectivity index (χ3v) is 4.88. The Morgan fingerprint density at radius 1 is 1.39 bits per heavy atom. The summed E-state index contributed by atoms with van der Waals surface area (Å²) in [4.78, 5) is 0. The van der Waals surface area contributed by atoms with Gasteiger partial charge in [0.05, 0.1) is 0 Å². The van der Waals surface area contributed by atoms with Gasteiger partial charge in [-0.3, -0.25) is 0 Å². The van der Waals surface area contributed by atoms with Crippen LogP contribution in [0.4, 0.5) is 0 Å². The van der Waals surface area contributed by atoms with Crippen LogP contribution in [-0.4, -0.2) is 30.7 Å². The first-order chi connectivity index (χ1) is 8.84. The number of thioether (sulfide) groups is 1. The quantitative estimate of drug-likeness (QED) is 0.804. The molecule has 0 bridgehead atoms. The number of nitrogens with one attached hydrogen (secondary N) is 1. The maximum absolute atomic E-state index is 5.68. The lowest BCUT2D eigenvalue weighted by atomic mass is 10.2. The Balaban J connectivity index is 1.55. The van der Waals surface area contributed by atoms with Crippen LogP contribution in [0.25, 0.3) is 0 Å². The van der Waals surface area contributed by atoms with Gasteiger partial charge in [0, 0.05) is 22.8 Å². The predicted molar refractivity (Wildman–Crippen MR) is 82.6 cm³/mol. The summed E-state index contributed by atoms with van der Waals surface area (Å²) in [5, 5.41) is 4.29. The molecule has 4 heteroatoms. The molecule has 18 heavy (non-hydrogen) atoms. The number of hydrogen-bond acceptors (Lipinski definition) is 3. The fourth-order valence-corrected chi connectivity index (χ4v) is 3.68. The molecule has 0 amide bonds. The third kappa shape index (κ3) is 5.21. The monoisotopic (exact) mass is 329 g/mol. The summed E-state index contributed by atoms with van der Waals surface area (Å²) in [7, 11) is 0. The molecule has 2 nitrogen and oxygen atoms in total. The molecule has 0 aliphatic carbocycles. The minimum absolute atomic E-state index is 0.730. The van der Waals surface area contributed by atoms with Crippen molar-refractivity contribution in [1.82, 2.24) is 5.32 Å². The first-order valence-corrected chi connectivity index (χ1v) is 8.39. The second-order valence-corrected chi connectivity index (χ2v) is 6.82. The Morgan fingerprint density at radius 2 is 2.33 bits per heavy atom. The predicted octanol–water partition coefficient (Wildman–Crippen LogP) is 3.70. The molecule has 1 unspecified atom stereocenters. The molecule has 1 saturated heterocycles. The molecule has 1 aromatic carbocycles. The SMILES string of the molecule is Brc1cccc(OCCNCC2CCCCS2)c1. The summed E-state index contributed by atoms with van der Waals surface area (Å²) >= 11 is 5.55. The van der Waals surface area contributed by atoms with Crippen LogP contribution in [0.15, 0.2) is 28.7 Å². The second-order valence-electron chi connectivity index (χ2n) is 4.50. The zero-order chi connectivity index (χ0) is 12.6. The van der Waals surface area contributed by atoms with Crippen molar-refractivity contribution in [3.05, 3.63) is 28.7 Å². The normalized spacial score (nSPS) is 19.7. The van der Waals surface area contributed by atoms with Gasteiger partial charge in [0.25, 0.3) is 0 Å². The van der Waals surface area contributed by atoms with E-state index >= 15 is 0 Å². The minimum atomic E-state index is 0.730. The lowest BCUT2D eigenvalue weighted by Crippen LogP contribution is -2.29. The van der Waals surface area contributed by atoms with Crippen LogP contribution < -0.4 is 10.1 Å². The molecule has 100 valence electrons. The molecule has 2 rings (SSSR count). The zero-order valence-electron chi connectivity index (χ0n) is 10.5. The molecule has 1 aliphatic heterocycles. The number of ether oxygens (including phenoxy) is 1. The number of hydrogen-bond donors (Lipinski definition) is 1. The van der Waals surface area contributed by atoms with Gasteiger partial charge in [0.1, 0.15) is 12.4 Å². The smallest absolute Gasteiger partial charge is 0.120 e. The molecular formula is C14H20BrNOS. The van der Waals surface area contributed by atoms with Gasteiger partial charge in [-0.2, -0.15) is 11.8 Å². The molecule has 0 radical (unpaired) electrons. The summed E-state index contributed by atoms with van der Waals surface area (Å²) in [6.07, 6.45) is 4.16. The zero-order valence-corrected chi connectivity index (χ0v) is 12.9. The fraction of sp³-hybridized carbons (Fsp3) is 0.571. The molecule has 0 spiro atoms. The Labute approximate surface area is 122 Å². The molecule has 0 saturated carbocycles. The third-order valence-electron chi connectivity index (χ3n) is 2.99. The molecule has 1 heterocycles. The van der Waals surface area contributed by atoms with Crippen molar-refractivity contribution < 1.29 is 4.74 Å². The summed E-state index contributed by atoms with van der Waals surface area (Å²) < 4.78 is 6.74. The number of rotatable bonds is 6. The van der Waals surface area contributed by atoms with E-state index in [1.54, 1.807) is 0 Å². The molecule has 0 aromatic heterocycles. The Kier molecular flexibility index (Phi) is 6.38. The first-order valence-electron chi connectivity index (χ1n) is 6.55. The Bertz CT molecular complexity index is 355. The van der Waals surface area contributed by atoms with Crippen molar-refractivity contribution in [3.63, 3.8) is 0 Å². The highest BCUT2D eigenvalue weighted by Gasteiger charge is 2.12. The van der Waals surface area contributed by atoms with Gasteiger partial charge < -0.3 is 10.1 Å². The average Bonchev–Trinajstić information content (AvgIpc) is 2.40. The van der Waals surface area contributed by atoms with Crippen molar-refractivity contribution in [2.75, 3.05) is 25.4 Å². The van der Waals surface area contributed by atoms with Crippen LogP contribution in [0.3, 0.4) is 0 Å². The van der Waals surface area contributed by atoms with Gasteiger partial charge in [0.15, 0.2) is 0 Å². The van der Waals surface area contributed by atoms with Gasteiger partial charge in [-0.05, 0) is 36.8 Å². The first kappa shape index (κ1) is 14.2. The van der Waals surface area contributed by atoms with Crippen LogP contribution in [0, 0.1) is 0 Å². The van der Waals surface area contributed by atoms with E-state index < -0.39 is 0 Å². The van der Waals surface area contributed by atoms with E-state index in [0.717, 1.165) is 35.2 Å². The van der Waals surface area contributed by atoms with Crippen LogP contribution >= 0.6 is 27.7 Å². The highest BCUT2D eigenvalue weighted by atomic mass is 79.9. The molecule has 1 aromatic rings. The molecule has 1 atom stereocenters. The number of halogens is 1.